The summed E-state index contributed by atoms with van der Waals surface area (Å²) in [6.45, 7) is 7.09. The predicted molar refractivity (Wildman–Crippen MR) is 117 cm³/mol. The number of hydrogen-bond donors (Lipinski definition) is 2. The van der Waals surface area contributed by atoms with Crippen LogP contribution >= 0.6 is 0 Å². The molecule has 1 aliphatic heterocycles. The molecule has 164 valence electrons. The molecule has 1 aliphatic carbocycles. The zero-order chi connectivity index (χ0) is 21.3. The minimum atomic E-state index is -1.04. The highest BCUT2D eigenvalue weighted by atomic mass is 19.1. The van der Waals surface area contributed by atoms with E-state index in [1.54, 1.807) is 6.07 Å². The number of rotatable bonds is 5. The molecule has 5 nitrogen and oxygen atoms in total. The molecule has 1 amide bonds. The van der Waals surface area contributed by atoms with Crippen molar-refractivity contribution in [3.63, 3.8) is 0 Å². The van der Waals surface area contributed by atoms with Gasteiger partial charge in [0.1, 0.15) is 5.82 Å². The normalized spacial score (nSPS) is 23.9. The summed E-state index contributed by atoms with van der Waals surface area (Å²) in [7, 11) is 0. The number of hydrogen-bond acceptors (Lipinski definition) is 2. The minimum absolute atomic E-state index is 0.241. The summed E-state index contributed by atoms with van der Waals surface area (Å²) in [6.07, 6.45) is 6.38. The maximum absolute atomic E-state index is 13.7. The highest BCUT2D eigenvalue weighted by molar-refractivity contribution is 5.81. The fraction of sp³-hybridized carbons (Fsp3) is 0.625. The highest BCUT2D eigenvalue weighted by Crippen LogP contribution is 2.36. The number of aromatic nitrogens is 1. The van der Waals surface area contributed by atoms with Crippen molar-refractivity contribution >= 4 is 17.0 Å². The molecule has 1 aromatic carbocycles. The van der Waals surface area contributed by atoms with Crippen molar-refractivity contribution in [2.24, 2.45) is 11.8 Å². The smallest absolute Gasteiger partial charge is 0.404 e. The third-order valence-electron chi connectivity index (χ3n) is 7.37. The zero-order valence-electron chi connectivity index (χ0n) is 18.1. The summed E-state index contributed by atoms with van der Waals surface area (Å²) < 4.78 is 16.0. The van der Waals surface area contributed by atoms with Crippen LogP contribution in [0.3, 0.4) is 0 Å². The summed E-state index contributed by atoms with van der Waals surface area (Å²) in [6, 6.07) is 7.82. The molecule has 0 unspecified atom stereocenters. The van der Waals surface area contributed by atoms with Gasteiger partial charge in [0.25, 0.3) is 0 Å². The minimum Gasteiger partial charge on any atom is -0.465 e. The van der Waals surface area contributed by atoms with Crippen LogP contribution in [-0.2, 0) is 6.54 Å². The number of nitrogens with one attached hydrogen (secondary N) is 1. The van der Waals surface area contributed by atoms with E-state index in [9.17, 15) is 9.18 Å². The average molecular weight is 416 g/mol. The van der Waals surface area contributed by atoms with Crippen LogP contribution in [0.2, 0.25) is 0 Å². The van der Waals surface area contributed by atoms with Gasteiger partial charge in [0.15, 0.2) is 0 Å². The van der Waals surface area contributed by atoms with Crippen LogP contribution in [0.25, 0.3) is 10.9 Å². The molecule has 1 saturated heterocycles. The Hall–Kier alpha value is -2.08. The van der Waals surface area contributed by atoms with Gasteiger partial charge in [0, 0.05) is 41.8 Å². The van der Waals surface area contributed by atoms with Gasteiger partial charge in [-0.05, 0) is 74.6 Å². The molecule has 1 saturated carbocycles. The predicted octanol–water partition coefficient (Wildman–Crippen LogP) is 5.40. The van der Waals surface area contributed by atoms with Crippen molar-refractivity contribution in [1.82, 2.24) is 14.8 Å². The quantitative estimate of drug-likeness (QED) is 0.687. The first-order valence-electron chi connectivity index (χ1n) is 11.4. The molecule has 2 aromatic rings. The third kappa shape index (κ3) is 4.48. The molecule has 0 radical (unpaired) electrons. The van der Waals surface area contributed by atoms with Crippen LogP contribution in [0.4, 0.5) is 9.18 Å². The van der Waals surface area contributed by atoms with Crippen molar-refractivity contribution < 1.29 is 14.3 Å². The second kappa shape index (κ2) is 8.96. The lowest BCUT2D eigenvalue weighted by molar-refractivity contribution is 0.0889. The van der Waals surface area contributed by atoms with Crippen molar-refractivity contribution in [2.45, 2.75) is 71.0 Å². The van der Waals surface area contributed by atoms with E-state index in [0.29, 0.717) is 12.1 Å². The summed E-state index contributed by atoms with van der Waals surface area (Å²) in [4.78, 5) is 13.7. The standard InChI is InChI=1S/C24H34FN3O2/c1-16(2)17-3-6-20(7-4-17)27-11-9-21(10-12-27)28-22(15-26-24(29)30)14-18-13-19(25)5-8-23(18)28/h5,8,13-14,16-17,20-21,26H,3-4,6-7,9-12,15H2,1-2H3,(H,29,30)/t17-,20+. The Labute approximate surface area is 178 Å². The van der Waals surface area contributed by atoms with E-state index < -0.39 is 6.09 Å². The summed E-state index contributed by atoms with van der Waals surface area (Å²) >= 11 is 0. The first-order valence-corrected chi connectivity index (χ1v) is 11.4. The Morgan fingerprint density at radius 1 is 1.10 bits per heavy atom. The van der Waals surface area contributed by atoms with E-state index >= 15 is 0 Å². The van der Waals surface area contributed by atoms with Gasteiger partial charge in [-0.1, -0.05) is 13.8 Å². The number of amides is 1. The molecule has 2 N–H and O–H groups in total. The number of carbonyl (C=O) groups is 1. The Bertz CT molecular complexity index is 878. The lowest BCUT2D eigenvalue weighted by Crippen LogP contribution is -2.44. The second-order valence-corrected chi connectivity index (χ2v) is 9.45. The number of likely N-dealkylation sites (tertiary alicyclic amines) is 1. The third-order valence-corrected chi connectivity index (χ3v) is 7.37. The Balaban J connectivity index is 1.46. The lowest BCUT2D eigenvalue weighted by Gasteiger charge is -2.42. The number of carboxylic acid groups (broad SMARTS) is 1. The largest absolute Gasteiger partial charge is 0.465 e. The van der Waals surface area contributed by atoms with Crippen LogP contribution < -0.4 is 5.32 Å². The SMILES string of the molecule is CC(C)[C@H]1CC[C@@H](N2CCC(n3c(CNC(=O)O)cc4cc(F)ccc43)CC2)CC1. The molecule has 0 atom stereocenters. The number of nitrogens with zero attached hydrogens (tertiary/aromatic N) is 2. The van der Waals surface area contributed by atoms with Crippen LogP contribution in [0.1, 0.15) is 64.1 Å². The van der Waals surface area contributed by atoms with Gasteiger partial charge in [-0.15, -0.1) is 0 Å². The van der Waals surface area contributed by atoms with Gasteiger partial charge < -0.3 is 19.9 Å². The Kier molecular flexibility index (Phi) is 6.32. The van der Waals surface area contributed by atoms with E-state index in [2.05, 4.69) is 28.6 Å². The van der Waals surface area contributed by atoms with Crippen molar-refractivity contribution in [3.8, 4) is 0 Å². The molecule has 6 heteroatoms. The van der Waals surface area contributed by atoms with Crippen LogP contribution in [0.5, 0.6) is 0 Å². The van der Waals surface area contributed by atoms with E-state index in [-0.39, 0.29) is 12.4 Å². The van der Waals surface area contributed by atoms with E-state index in [0.717, 1.165) is 54.4 Å². The monoisotopic (exact) mass is 415 g/mol. The van der Waals surface area contributed by atoms with Crippen LogP contribution in [-0.4, -0.2) is 39.8 Å². The summed E-state index contributed by atoms with van der Waals surface area (Å²) in [5, 5.41) is 12.4. The molecule has 2 heterocycles. The topological polar surface area (TPSA) is 57.5 Å². The fourth-order valence-electron chi connectivity index (χ4n) is 5.64. The molecule has 2 aliphatic rings. The maximum Gasteiger partial charge on any atom is 0.404 e. The number of halogens is 1. The Morgan fingerprint density at radius 2 is 1.80 bits per heavy atom. The molecule has 4 rings (SSSR count). The van der Waals surface area contributed by atoms with Crippen molar-refractivity contribution in [2.75, 3.05) is 13.1 Å². The first kappa shape index (κ1) is 21.2. The summed E-state index contributed by atoms with van der Waals surface area (Å²) in [5.74, 6) is 1.42. The molecule has 0 spiro atoms. The molecular weight excluding hydrogens is 381 g/mol. The zero-order valence-corrected chi connectivity index (χ0v) is 18.1. The van der Waals surface area contributed by atoms with E-state index in [1.807, 2.05) is 12.1 Å². The summed E-state index contributed by atoms with van der Waals surface area (Å²) in [5.41, 5.74) is 1.91. The van der Waals surface area contributed by atoms with Crippen molar-refractivity contribution in [3.05, 3.63) is 35.8 Å². The molecule has 1 aromatic heterocycles. The Morgan fingerprint density at radius 3 is 2.43 bits per heavy atom. The maximum atomic E-state index is 13.7. The fourth-order valence-corrected chi connectivity index (χ4v) is 5.64. The van der Waals surface area contributed by atoms with Crippen LogP contribution in [0, 0.1) is 17.7 Å². The van der Waals surface area contributed by atoms with Gasteiger partial charge in [-0.25, -0.2) is 9.18 Å². The highest BCUT2D eigenvalue weighted by Gasteiger charge is 2.31. The number of fused-ring (bicyclic) bond motifs is 1. The van der Waals surface area contributed by atoms with E-state index in [1.165, 1.54) is 31.7 Å². The van der Waals surface area contributed by atoms with Gasteiger partial charge in [0.2, 0.25) is 0 Å². The van der Waals surface area contributed by atoms with Crippen LogP contribution in [0.15, 0.2) is 24.3 Å². The van der Waals surface area contributed by atoms with Gasteiger partial charge in [-0.2, -0.15) is 0 Å². The average Bonchev–Trinajstić information content (AvgIpc) is 3.09. The van der Waals surface area contributed by atoms with Gasteiger partial charge in [0.05, 0.1) is 6.54 Å². The molecule has 2 fully saturated rings. The van der Waals surface area contributed by atoms with Crippen molar-refractivity contribution in [1.29, 1.82) is 0 Å². The van der Waals surface area contributed by atoms with Gasteiger partial charge in [-0.3, -0.25) is 0 Å². The molecule has 0 bridgehead atoms. The molecule has 30 heavy (non-hydrogen) atoms. The number of piperidine rings is 1. The lowest BCUT2D eigenvalue weighted by atomic mass is 9.79. The second-order valence-electron chi connectivity index (χ2n) is 9.45. The molecular formula is C24H34FN3O2. The van der Waals surface area contributed by atoms with Gasteiger partial charge >= 0.3 is 6.09 Å². The first-order chi connectivity index (χ1) is 14.4. The number of benzene rings is 1. The van der Waals surface area contributed by atoms with E-state index in [4.69, 9.17) is 5.11 Å².